The van der Waals surface area contributed by atoms with E-state index < -0.39 is 17.6 Å². The molecule has 0 radical (unpaired) electrons. The van der Waals surface area contributed by atoms with Crippen molar-refractivity contribution < 1.29 is 17.6 Å². The maximum Gasteiger partial charge on any atom is 0.419 e. The molecule has 24 heavy (non-hydrogen) atoms. The van der Waals surface area contributed by atoms with Gasteiger partial charge in [0.1, 0.15) is 5.82 Å². The van der Waals surface area contributed by atoms with Crippen molar-refractivity contribution in [3.05, 3.63) is 47.8 Å². The number of piperazine rings is 1. The van der Waals surface area contributed by atoms with Gasteiger partial charge in [-0.05, 0) is 30.5 Å². The monoisotopic (exact) mass is 388 g/mol. The molecule has 0 bridgehead atoms. The molecule has 0 amide bonds. The third-order valence-corrected chi connectivity index (χ3v) is 3.92. The second kappa shape index (κ2) is 10.2. The quantitative estimate of drug-likeness (QED) is 0.585. The van der Waals surface area contributed by atoms with Crippen molar-refractivity contribution in [1.29, 1.82) is 0 Å². The predicted molar refractivity (Wildman–Crippen MR) is 92.5 cm³/mol. The third kappa shape index (κ3) is 5.92. The standard InChI is InChI=1S/C16H20F4N2.2ClH/c1-2-3-4-15(22-9-7-21-8-10-22)12-5-6-13(14(17)11-12)16(18,19)20;;/h2,5-6,11,15,21H,1,3-4,7-10H2;2*1H/t15-;;/m0../s1. The number of benzene rings is 1. The normalized spacial score (nSPS) is 16.7. The topological polar surface area (TPSA) is 15.3 Å². The first kappa shape index (κ1) is 23.2. The van der Waals surface area contributed by atoms with Crippen LogP contribution in [-0.4, -0.2) is 31.1 Å². The summed E-state index contributed by atoms with van der Waals surface area (Å²) in [5.41, 5.74) is -0.617. The van der Waals surface area contributed by atoms with Gasteiger partial charge in [0.25, 0.3) is 0 Å². The van der Waals surface area contributed by atoms with Gasteiger partial charge >= 0.3 is 6.18 Å². The lowest BCUT2D eigenvalue weighted by atomic mass is 9.98. The number of alkyl halides is 3. The molecule has 1 aliphatic rings. The molecule has 1 aromatic carbocycles. The van der Waals surface area contributed by atoms with Crippen LogP contribution in [0.25, 0.3) is 0 Å². The maximum atomic E-state index is 13.8. The summed E-state index contributed by atoms with van der Waals surface area (Å²) >= 11 is 0. The number of allylic oxidation sites excluding steroid dienone is 1. The zero-order valence-corrected chi connectivity index (χ0v) is 14.7. The number of nitrogens with zero attached hydrogens (tertiary/aromatic N) is 1. The van der Waals surface area contributed by atoms with E-state index in [0.29, 0.717) is 12.0 Å². The Morgan fingerprint density at radius 1 is 1.21 bits per heavy atom. The summed E-state index contributed by atoms with van der Waals surface area (Å²) < 4.78 is 51.8. The molecule has 1 aliphatic heterocycles. The molecular weight excluding hydrogens is 367 g/mol. The zero-order valence-electron chi connectivity index (χ0n) is 13.1. The van der Waals surface area contributed by atoms with Gasteiger partial charge in [0.15, 0.2) is 0 Å². The Morgan fingerprint density at radius 3 is 2.33 bits per heavy atom. The van der Waals surface area contributed by atoms with Gasteiger partial charge in [0, 0.05) is 32.2 Å². The van der Waals surface area contributed by atoms with Gasteiger partial charge in [-0.1, -0.05) is 12.1 Å². The molecule has 2 rings (SSSR count). The van der Waals surface area contributed by atoms with Gasteiger partial charge in [0.2, 0.25) is 0 Å². The molecule has 1 saturated heterocycles. The van der Waals surface area contributed by atoms with Crippen LogP contribution in [0.4, 0.5) is 17.6 Å². The summed E-state index contributed by atoms with van der Waals surface area (Å²) in [5.74, 6) is -1.20. The van der Waals surface area contributed by atoms with Crippen LogP contribution < -0.4 is 5.32 Å². The Balaban J connectivity index is 0.00000264. The van der Waals surface area contributed by atoms with Gasteiger partial charge < -0.3 is 5.32 Å². The van der Waals surface area contributed by atoms with E-state index in [-0.39, 0.29) is 30.9 Å². The van der Waals surface area contributed by atoms with Crippen molar-refractivity contribution in [2.75, 3.05) is 26.2 Å². The number of rotatable bonds is 5. The molecule has 0 aliphatic carbocycles. The number of hydrogen-bond acceptors (Lipinski definition) is 2. The predicted octanol–water partition coefficient (Wildman–Crippen LogP) is 4.60. The Morgan fingerprint density at radius 2 is 1.83 bits per heavy atom. The number of halogens is 6. The first-order valence-corrected chi connectivity index (χ1v) is 7.36. The third-order valence-electron chi connectivity index (χ3n) is 3.92. The van der Waals surface area contributed by atoms with E-state index in [4.69, 9.17) is 0 Å². The van der Waals surface area contributed by atoms with Crippen LogP contribution in [0, 0.1) is 5.82 Å². The lowest BCUT2D eigenvalue weighted by Gasteiger charge is -2.35. The molecule has 1 N–H and O–H groups in total. The molecular formula is C16H22Cl2F4N2. The Kier molecular flexibility index (Phi) is 9.88. The van der Waals surface area contributed by atoms with Crippen LogP contribution >= 0.6 is 24.8 Å². The first-order chi connectivity index (χ1) is 10.4. The van der Waals surface area contributed by atoms with Crippen LogP contribution in [-0.2, 0) is 6.18 Å². The maximum absolute atomic E-state index is 13.8. The van der Waals surface area contributed by atoms with Gasteiger partial charge in [-0.3, -0.25) is 4.90 Å². The van der Waals surface area contributed by atoms with E-state index in [1.165, 1.54) is 6.07 Å². The molecule has 1 aromatic rings. The average molecular weight is 389 g/mol. The summed E-state index contributed by atoms with van der Waals surface area (Å²) in [7, 11) is 0. The SMILES string of the molecule is C=CCC[C@@H](c1ccc(C(F)(F)F)c(F)c1)N1CCNCC1.Cl.Cl. The first-order valence-electron chi connectivity index (χ1n) is 7.36. The van der Waals surface area contributed by atoms with Gasteiger partial charge in [-0.25, -0.2) is 4.39 Å². The highest BCUT2D eigenvalue weighted by atomic mass is 35.5. The fraction of sp³-hybridized carbons (Fsp3) is 0.500. The molecule has 1 atom stereocenters. The Bertz CT molecular complexity index is 517. The minimum Gasteiger partial charge on any atom is -0.314 e. The Labute approximate surface area is 152 Å². The van der Waals surface area contributed by atoms with Crippen molar-refractivity contribution in [1.82, 2.24) is 10.2 Å². The molecule has 1 heterocycles. The number of nitrogens with one attached hydrogen (secondary N) is 1. The summed E-state index contributed by atoms with van der Waals surface area (Å²) in [6.07, 6.45) is -1.44. The smallest absolute Gasteiger partial charge is 0.314 e. The molecule has 0 aromatic heterocycles. The van der Waals surface area contributed by atoms with Crippen molar-refractivity contribution >= 4 is 24.8 Å². The highest BCUT2D eigenvalue weighted by molar-refractivity contribution is 5.85. The zero-order chi connectivity index (χ0) is 16.2. The minimum atomic E-state index is -4.66. The summed E-state index contributed by atoms with van der Waals surface area (Å²) in [6.45, 7) is 6.93. The fourth-order valence-corrected chi connectivity index (χ4v) is 2.80. The fourth-order valence-electron chi connectivity index (χ4n) is 2.80. The minimum absolute atomic E-state index is 0. The molecule has 138 valence electrons. The van der Waals surface area contributed by atoms with Gasteiger partial charge in [0.05, 0.1) is 5.56 Å². The molecule has 1 fully saturated rings. The molecule has 8 heteroatoms. The van der Waals surface area contributed by atoms with Gasteiger partial charge in [-0.2, -0.15) is 13.2 Å². The second-order valence-corrected chi connectivity index (χ2v) is 5.40. The average Bonchev–Trinajstić information content (AvgIpc) is 2.47. The van der Waals surface area contributed by atoms with E-state index in [2.05, 4.69) is 16.8 Å². The van der Waals surface area contributed by atoms with Crippen LogP contribution in [0.1, 0.15) is 30.0 Å². The highest BCUT2D eigenvalue weighted by Gasteiger charge is 2.34. The largest absolute Gasteiger partial charge is 0.419 e. The van der Waals surface area contributed by atoms with Crippen LogP contribution in [0.3, 0.4) is 0 Å². The summed E-state index contributed by atoms with van der Waals surface area (Å²) in [5, 5.41) is 3.23. The van der Waals surface area contributed by atoms with E-state index in [1.807, 2.05) is 0 Å². The van der Waals surface area contributed by atoms with Crippen molar-refractivity contribution in [2.45, 2.75) is 25.1 Å². The lowest BCUT2D eigenvalue weighted by Crippen LogP contribution is -2.45. The highest BCUT2D eigenvalue weighted by Crippen LogP contribution is 2.34. The van der Waals surface area contributed by atoms with E-state index in [9.17, 15) is 17.6 Å². The van der Waals surface area contributed by atoms with E-state index >= 15 is 0 Å². The van der Waals surface area contributed by atoms with Gasteiger partial charge in [-0.15, -0.1) is 31.4 Å². The molecule has 0 saturated carbocycles. The Hall–Kier alpha value is -0.820. The van der Waals surface area contributed by atoms with Crippen molar-refractivity contribution in [2.24, 2.45) is 0 Å². The van der Waals surface area contributed by atoms with Crippen molar-refractivity contribution in [3.63, 3.8) is 0 Å². The molecule has 2 nitrogen and oxygen atoms in total. The summed E-state index contributed by atoms with van der Waals surface area (Å²) in [6, 6.07) is 3.17. The van der Waals surface area contributed by atoms with Crippen LogP contribution in [0.15, 0.2) is 30.9 Å². The molecule has 0 unspecified atom stereocenters. The van der Waals surface area contributed by atoms with E-state index in [0.717, 1.165) is 44.7 Å². The van der Waals surface area contributed by atoms with Crippen LogP contribution in [0.5, 0.6) is 0 Å². The lowest BCUT2D eigenvalue weighted by molar-refractivity contribution is -0.140. The second-order valence-electron chi connectivity index (χ2n) is 5.40. The van der Waals surface area contributed by atoms with Crippen molar-refractivity contribution in [3.8, 4) is 0 Å². The van der Waals surface area contributed by atoms with E-state index in [1.54, 1.807) is 6.08 Å². The molecule has 0 spiro atoms. The summed E-state index contributed by atoms with van der Waals surface area (Å²) in [4.78, 5) is 2.18. The van der Waals surface area contributed by atoms with Crippen LogP contribution in [0.2, 0.25) is 0 Å². The number of hydrogen-bond donors (Lipinski definition) is 1.